The van der Waals surface area contributed by atoms with E-state index in [-0.39, 0.29) is 53.5 Å². The molecule has 0 spiro atoms. The lowest BCUT2D eigenvalue weighted by molar-refractivity contribution is -0.131. The molecule has 1 N–H and O–H groups in total. The number of amides is 4. The van der Waals surface area contributed by atoms with Gasteiger partial charge in [0.05, 0.1) is 59.4 Å². The van der Waals surface area contributed by atoms with Gasteiger partial charge in [-0.1, -0.05) is 29.3 Å². The van der Waals surface area contributed by atoms with Crippen molar-refractivity contribution in [2.45, 2.75) is 32.6 Å². The Morgan fingerprint density at radius 3 is 2.31 bits per heavy atom. The van der Waals surface area contributed by atoms with Crippen LogP contribution in [0.2, 0.25) is 5.02 Å². The molecule has 4 fully saturated rings. The van der Waals surface area contributed by atoms with Crippen LogP contribution in [0.15, 0.2) is 72.3 Å². The van der Waals surface area contributed by atoms with Crippen LogP contribution < -0.4 is 19.4 Å². The second kappa shape index (κ2) is 12.5. The van der Waals surface area contributed by atoms with Crippen LogP contribution in [0.25, 0.3) is 0 Å². The molecule has 2 aliphatic carbocycles. The Morgan fingerprint density at radius 2 is 1.61 bits per heavy atom. The van der Waals surface area contributed by atoms with Crippen molar-refractivity contribution in [1.29, 1.82) is 0 Å². The number of benzene rings is 3. The van der Waals surface area contributed by atoms with Gasteiger partial charge in [-0.15, -0.1) is 0 Å². The smallest absolute Gasteiger partial charge is 0.241 e. The summed E-state index contributed by atoms with van der Waals surface area (Å²) in [6.45, 7) is 6.60. The molecule has 5 aliphatic rings. The van der Waals surface area contributed by atoms with Gasteiger partial charge in [0.25, 0.3) is 0 Å². The maximum atomic E-state index is 14.6. The van der Waals surface area contributed by atoms with Gasteiger partial charge < -0.3 is 19.5 Å². The van der Waals surface area contributed by atoms with Gasteiger partial charge in [0.2, 0.25) is 23.6 Å². The molecule has 3 saturated heterocycles. The lowest BCUT2D eigenvalue weighted by Gasteiger charge is -2.49. The molecular weight excluding hydrogens is 677 g/mol. The van der Waals surface area contributed by atoms with Crippen LogP contribution in [0.4, 0.5) is 21.5 Å². The van der Waals surface area contributed by atoms with Gasteiger partial charge >= 0.3 is 0 Å². The Bertz CT molecular complexity index is 2000. The van der Waals surface area contributed by atoms with E-state index in [0.29, 0.717) is 24.5 Å². The normalized spacial score (nSPS) is 28.8. The first kappa shape index (κ1) is 33.4. The summed E-state index contributed by atoms with van der Waals surface area (Å²) in [6.07, 6.45) is 2.42. The SMILES string of the molecule is CCOc1cc(C2C3=CCC4C(=O)N(c5ccc(N6CCOCC6)cc5)C(=O)C4C3CC3C(=O)N(c4ccc(F)c(Cl)c4)C(=O)C32C)ccc1O. The lowest BCUT2D eigenvalue weighted by atomic mass is 9.51. The van der Waals surface area contributed by atoms with E-state index in [2.05, 4.69) is 4.90 Å². The molecule has 4 amide bonds. The molecular formula is C39H37ClFN3O7. The van der Waals surface area contributed by atoms with Gasteiger partial charge in [-0.05, 0) is 92.8 Å². The highest BCUT2D eigenvalue weighted by Crippen LogP contribution is 2.64. The van der Waals surface area contributed by atoms with E-state index < -0.39 is 52.6 Å². The molecule has 10 nitrogen and oxygen atoms in total. The van der Waals surface area contributed by atoms with Crippen molar-refractivity contribution in [3.8, 4) is 11.5 Å². The minimum absolute atomic E-state index is 0.0735. The minimum Gasteiger partial charge on any atom is -0.504 e. The predicted octanol–water partition coefficient (Wildman–Crippen LogP) is 5.86. The fraction of sp³-hybridized carbons (Fsp3) is 0.385. The van der Waals surface area contributed by atoms with Gasteiger partial charge in [-0.2, -0.15) is 0 Å². The molecule has 12 heteroatoms. The van der Waals surface area contributed by atoms with E-state index in [1.165, 1.54) is 23.1 Å². The number of hydrogen-bond acceptors (Lipinski definition) is 8. The number of carbonyl (C=O) groups is 4. The molecule has 3 aromatic carbocycles. The molecule has 0 aromatic heterocycles. The number of hydrogen-bond donors (Lipinski definition) is 1. The van der Waals surface area contributed by atoms with Crippen LogP contribution >= 0.6 is 11.6 Å². The summed E-state index contributed by atoms with van der Waals surface area (Å²) in [5, 5.41) is 10.4. The van der Waals surface area contributed by atoms with E-state index >= 15 is 0 Å². The van der Waals surface area contributed by atoms with Crippen LogP contribution in [-0.2, 0) is 23.9 Å². The zero-order valence-electron chi connectivity index (χ0n) is 28.2. The van der Waals surface area contributed by atoms with Crippen LogP contribution in [0.1, 0.15) is 38.2 Å². The van der Waals surface area contributed by atoms with Crippen molar-refractivity contribution >= 4 is 52.3 Å². The summed E-state index contributed by atoms with van der Waals surface area (Å²) in [5.41, 5.74) is 1.73. The van der Waals surface area contributed by atoms with Crippen molar-refractivity contribution in [3.63, 3.8) is 0 Å². The van der Waals surface area contributed by atoms with Crippen LogP contribution in [0.5, 0.6) is 11.5 Å². The zero-order chi connectivity index (χ0) is 35.8. The number of halogens is 2. The van der Waals surface area contributed by atoms with E-state index in [9.17, 15) is 28.7 Å². The topological polar surface area (TPSA) is 117 Å². The average molecular weight is 714 g/mol. The van der Waals surface area contributed by atoms with Crippen LogP contribution in [0.3, 0.4) is 0 Å². The fourth-order valence-corrected chi connectivity index (χ4v) is 9.31. The highest BCUT2D eigenvalue weighted by molar-refractivity contribution is 6.32. The number of carbonyl (C=O) groups excluding carboxylic acids is 4. The Kier molecular flexibility index (Phi) is 8.18. The molecule has 6 unspecified atom stereocenters. The van der Waals surface area contributed by atoms with Crippen molar-refractivity contribution in [2.24, 2.45) is 29.1 Å². The summed E-state index contributed by atoms with van der Waals surface area (Å²) in [7, 11) is 0. The van der Waals surface area contributed by atoms with Gasteiger partial charge in [0.15, 0.2) is 11.5 Å². The number of imide groups is 2. The number of morpholine rings is 1. The first-order valence-corrected chi connectivity index (χ1v) is 17.7. The lowest BCUT2D eigenvalue weighted by Crippen LogP contribution is -2.48. The third kappa shape index (κ3) is 5.07. The molecule has 1 saturated carbocycles. The number of aromatic hydroxyl groups is 1. The molecule has 8 rings (SSSR count). The summed E-state index contributed by atoms with van der Waals surface area (Å²) in [4.78, 5) is 62.1. The number of fused-ring (bicyclic) bond motifs is 4. The first-order chi connectivity index (χ1) is 24.5. The number of anilines is 3. The summed E-state index contributed by atoms with van der Waals surface area (Å²) >= 11 is 6.11. The van der Waals surface area contributed by atoms with Crippen molar-refractivity contribution < 1.29 is 38.1 Å². The van der Waals surface area contributed by atoms with Gasteiger partial charge in [-0.3, -0.25) is 24.1 Å². The van der Waals surface area contributed by atoms with E-state index in [0.717, 1.165) is 35.3 Å². The van der Waals surface area contributed by atoms with Gasteiger partial charge in [-0.25, -0.2) is 9.29 Å². The van der Waals surface area contributed by atoms with Crippen LogP contribution in [-0.4, -0.2) is 61.6 Å². The van der Waals surface area contributed by atoms with Gasteiger partial charge in [0.1, 0.15) is 5.82 Å². The summed E-state index contributed by atoms with van der Waals surface area (Å²) in [5.74, 6) is -5.60. The fourth-order valence-electron chi connectivity index (χ4n) is 9.14. The number of nitrogens with zero attached hydrogens (tertiary/aromatic N) is 3. The largest absolute Gasteiger partial charge is 0.504 e. The monoisotopic (exact) mass is 713 g/mol. The summed E-state index contributed by atoms with van der Waals surface area (Å²) in [6, 6.07) is 16.0. The minimum atomic E-state index is -1.33. The molecule has 0 radical (unpaired) electrons. The second-order valence-corrected chi connectivity index (χ2v) is 14.5. The molecule has 51 heavy (non-hydrogen) atoms. The van der Waals surface area contributed by atoms with E-state index in [1.807, 2.05) is 18.2 Å². The van der Waals surface area contributed by atoms with Crippen molar-refractivity contribution in [1.82, 2.24) is 0 Å². The van der Waals surface area contributed by atoms with Crippen LogP contribution in [0, 0.1) is 34.9 Å². The highest BCUT2D eigenvalue weighted by atomic mass is 35.5. The Hall–Kier alpha value is -4.74. The quantitative estimate of drug-likeness (QED) is 0.250. The molecule has 3 aromatic rings. The maximum Gasteiger partial charge on any atom is 0.241 e. The van der Waals surface area contributed by atoms with E-state index in [4.69, 9.17) is 21.1 Å². The zero-order valence-corrected chi connectivity index (χ0v) is 28.9. The number of ether oxygens (including phenoxy) is 2. The Labute approximate surface area is 299 Å². The third-order valence-electron chi connectivity index (χ3n) is 11.5. The third-order valence-corrected chi connectivity index (χ3v) is 11.8. The van der Waals surface area contributed by atoms with Crippen molar-refractivity contribution in [2.75, 3.05) is 47.6 Å². The average Bonchev–Trinajstić information content (AvgIpc) is 3.50. The second-order valence-electron chi connectivity index (χ2n) is 14.0. The Morgan fingerprint density at radius 1 is 0.902 bits per heavy atom. The predicted molar refractivity (Wildman–Crippen MR) is 187 cm³/mol. The molecule has 264 valence electrons. The number of allylic oxidation sites excluding steroid dienone is 2. The first-order valence-electron chi connectivity index (χ1n) is 17.3. The number of phenolic OH excluding ortho intramolecular Hbond substituents is 1. The van der Waals surface area contributed by atoms with Gasteiger partial charge in [0, 0.05) is 24.7 Å². The standard InChI is InChI=1S/C39H37ClFN3O7/c1-3-51-32-18-21(4-13-31(32)45)34-25-10-11-26-33(37(48)43(35(26)46)23-7-5-22(6-8-23)42-14-16-50-17-15-42)27(25)20-28-36(47)44(38(49)39(28,34)2)24-9-12-30(41)29(40)19-24/h4-10,12-13,18-19,26-28,33-34,45H,3,11,14-17,20H2,1-2H3. The molecule has 3 aliphatic heterocycles. The molecule has 6 atom stereocenters. The number of phenols is 1. The molecule has 0 bridgehead atoms. The number of rotatable bonds is 6. The molecule has 3 heterocycles. The maximum absolute atomic E-state index is 14.6. The highest BCUT2D eigenvalue weighted by Gasteiger charge is 2.67. The Balaban J connectivity index is 1.20. The summed E-state index contributed by atoms with van der Waals surface area (Å²) < 4.78 is 25.4. The van der Waals surface area contributed by atoms with Crippen molar-refractivity contribution in [3.05, 3.63) is 88.7 Å². The van der Waals surface area contributed by atoms with E-state index in [1.54, 1.807) is 38.1 Å².